The van der Waals surface area contributed by atoms with E-state index in [2.05, 4.69) is 5.43 Å². The third kappa shape index (κ3) is 3.49. The standard InChI is InChI=1S/C20H17FN2O/c1-15(16-10-12-18(21)13-11-16)19-9-5-6-14-23(19)22-20(24)17-7-3-2-4-8-17/h2-15H,1H3/p+1. The fourth-order valence-electron chi connectivity index (χ4n) is 2.60. The quantitative estimate of drug-likeness (QED) is 0.731. The van der Waals surface area contributed by atoms with E-state index in [-0.39, 0.29) is 17.6 Å². The molecular weight excluding hydrogens is 303 g/mol. The van der Waals surface area contributed by atoms with Crippen molar-refractivity contribution in [1.29, 1.82) is 0 Å². The Labute approximate surface area is 140 Å². The van der Waals surface area contributed by atoms with Gasteiger partial charge in [-0.05, 0) is 42.8 Å². The number of halogens is 1. The Bertz CT molecular complexity index is 832. The van der Waals surface area contributed by atoms with Gasteiger partial charge in [-0.3, -0.25) is 4.79 Å². The minimum atomic E-state index is -0.260. The molecule has 1 aromatic heterocycles. The maximum Gasteiger partial charge on any atom is 0.305 e. The fourth-order valence-corrected chi connectivity index (χ4v) is 2.60. The number of nitrogens with one attached hydrogen (secondary N) is 1. The molecule has 1 N–H and O–H groups in total. The zero-order chi connectivity index (χ0) is 16.9. The van der Waals surface area contributed by atoms with E-state index in [0.29, 0.717) is 5.56 Å². The summed E-state index contributed by atoms with van der Waals surface area (Å²) in [5, 5.41) is 0. The monoisotopic (exact) mass is 321 g/mol. The molecule has 3 aromatic rings. The van der Waals surface area contributed by atoms with Crippen LogP contribution in [0.5, 0.6) is 0 Å². The van der Waals surface area contributed by atoms with Crippen LogP contribution in [-0.2, 0) is 0 Å². The molecule has 0 aliphatic heterocycles. The van der Waals surface area contributed by atoms with E-state index in [1.165, 1.54) is 12.1 Å². The summed E-state index contributed by atoms with van der Waals surface area (Å²) in [5.74, 6) is -0.438. The van der Waals surface area contributed by atoms with Gasteiger partial charge >= 0.3 is 5.91 Å². The van der Waals surface area contributed by atoms with Crippen molar-refractivity contribution >= 4 is 5.91 Å². The third-order valence-corrected chi connectivity index (χ3v) is 3.96. The molecule has 0 saturated heterocycles. The summed E-state index contributed by atoms with van der Waals surface area (Å²) in [6.07, 6.45) is 1.80. The number of aromatic nitrogens is 1. The number of hydrogen-bond donors (Lipinski definition) is 1. The van der Waals surface area contributed by atoms with Crippen LogP contribution in [0.1, 0.15) is 34.5 Å². The lowest BCUT2D eigenvalue weighted by Crippen LogP contribution is -2.51. The second kappa shape index (κ2) is 7.04. The van der Waals surface area contributed by atoms with E-state index in [1.807, 2.05) is 43.3 Å². The molecule has 0 aliphatic carbocycles. The predicted octanol–water partition coefficient (Wildman–Crippen LogP) is 3.65. The van der Waals surface area contributed by atoms with Crippen LogP contribution in [0.2, 0.25) is 0 Å². The first-order valence-corrected chi connectivity index (χ1v) is 7.77. The van der Waals surface area contributed by atoms with Crippen molar-refractivity contribution in [1.82, 2.24) is 0 Å². The van der Waals surface area contributed by atoms with Crippen LogP contribution in [0.3, 0.4) is 0 Å². The van der Waals surface area contributed by atoms with Crippen molar-refractivity contribution in [2.75, 3.05) is 5.43 Å². The van der Waals surface area contributed by atoms with Crippen LogP contribution in [0, 0.1) is 5.82 Å². The van der Waals surface area contributed by atoms with Crippen molar-refractivity contribution in [3.8, 4) is 0 Å². The fraction of sp³-hybridized carbons (Fsp3) is 0.100. The lowest BCUT2D eigenvalue weighted by Gasteiger charge is -2.11. The first kappa shape index (κ1) is 15.9. The molecule has 0 fully saturated rings. The van der Waals surface area contributed by atoms with Crippen LogP contribution in [-0.4, -0.2) is 5.91 Å². The van der Waals surface area contributed by atoms with Crippen LogP contribution in [0.25, 0.3) is 0 Å². The number of pyridine rings is 1. The number of carbonyl (C=O) groups is 1. The van der Waals surface area contributed by atoms with Gasteiger partial charge in [0.05, 0.1) is 5.92 Å². The highest BCUT2D eigenvalue weighted by Crippen LogP contribution is 2.21. The highest BCUT2D eigenvalue weighted by atomic mass is 19.1. The first-order valence-electron chi connectivity index (χ1n) is 7.77. The zero-order valence-corrected chi connectivity index (χ0v) is 13.3. The van der Waals surface area contributed by atoms with Gasteiger partial charge in [0.15, 0.2) is 6.20 Å². The Hall–Kier alpha value is -3.01. The summed E-state index contributed by atoms with van der Waals surface area (Å²) in [4.78, 5) is 12.4. The maximum absolute atomic E-state index is 13.1. The summed E-state index contributed by atoms with van der Waals surface area (Å²) in [5.41, 5.74) is 5.37. The van der Waals surface area contributed by atoms with Crippen LogP contribution in [0.15, 0.2) is 79.0 Å². The van der Waals surface area contributed by atoms with Crippen LogP contribution in [0.4, 0.5) is 4.39 Å². The molecule has 120 valence electrons. The van der Waals surface area contributed by atoms with Crippen LogP contribution >= 0.6 is 0 Å². The van der Waals surface area contributed by atoms with E-state index in [4.69, 9.17) is 0 Å². The number of carbonyl (C=O) groups excluding carboxylic acids is 1. The van der Waals surface area contributed by atoms with Gasteiger partial charge in [0.1, 0.15) is 5.82 Å². The van der Waals surface area contributed by atoms with Gasteiger partial charge in [0.2, 0.25) is 5.69 Å². The molecule has 2 aromatic carbocycles. The van der Waals surface area contributed by atoms with Crippen molar-refractivity contribution in [2.45, 2.75) is 12.8 Å². The number of rotatable bonds is 4. The van der Waals surface area contributed by atoms with Crippen molar-refractivity contribution in [2.24, 2.45) is 0 Å². The smallest absolute Gasteiger partial charge is 0.264 e. The molecule has 0 radical (unpaired) electrons. The number of amides is 1. The number of nitrogens with zero attached hydrogens (tertiary/aromatic N) is 1. The lowest BCUT2D eigenvalue weighted by atomic mass is 9.97. The molecular formula is C20H18FN2O+. The summed E-state index contributed by atoms with van der Waals surface area (Å²) in [6, 6.07) is 21.2. The highest BCUT2D eigenvalue weighted by Gasteiger charge is 2.21. The maximum atomic E-state index is 13.1. The molecule has 0 saturated carbocycles. The second-order valence-electron chi connectivity index (χ2n) is 5.58. The number of benzene rings is 2. The average molecular weight is 321 g/mol. The van der Waals surface area contributed by atoms with Gasteiger partial charge in [-0.1, -0.05) is 35.0 Å². The molecule has 24 heavy (non-hydrogen) atoms. The third-order valence-electron chi connectivity index (χ3n) is 3.96. The Morgan fingerprint density at radius 1 is 0.958 bits per heavy atom. The molecule has 1 amide bonds. The highest BCUT2D eigenvalue weighted by molar-refractivity contribution is 5.98. The molecule has 4 heteroatoms. The summed E-state index contributed by atoms with van der Waals surface area (Å²) in [6.45, 7) is 2.02. The van der Waals surface area contributed by atoms with Crippen LogP contribution < -0.4 is 10.1 Å². The van der Waals surface area contributed by atoms with Gasteiger partial charge in [-0.15, -0.1) is 5.43 Å². The Morgan fingerprint density at radius 3 is 2.33 bits per heavy atom. The van der Waals surface area contributed by atoms with Gasteiger partial charge in [-0.2, -0.15) is 0 Å². The number of hydrogen-bond acceptors (Lipinski definition) is 1. The van der Waals surface area contributed by atoms with E-state index in [1.54, 1.807) is 35.1 Å². The van der Waals surface area contributed by atoms with E-state index < -0.39 is 0 Å². The molecule has 1 heterocycles. The van der Waals surface area contributed by atoms with Gasteiger partial charge in [0, 0.05) is 17.7 Å². The Kier molecular flexibility index (Phi) is 4.66. The zero-order valence-electron chi connectivity index (χ0n) is 13.3. The van der Waals surface area contributed by atoms with E-state index in [0.717, 1.165) is 11.3 Å². The normalized spacial score (nSPS) is 11.8. The Morgan fingerprint density at radius 2 is 1.62 bits per heavy atom. The SMILES string of the molecule is CC(c1ccc(F)cc1)c1cccc[n+]1NC(=O)c1ccccc1. The summed E-state index contributed by atoms with van der Waals surface area (Å²) < 4.78 is 14.8. The first-order chi connectivity index (χ1) is 11.6. The van der Waals surface area contributed by atoms with Crippen molar-refractivity contribution in [3.63, 3.8) is 0 Å². The molecule has 3 nitrogen and oxygen atoms in total. The van der Waals surface area contributed by atoms with Crippen molar-refractivity contribution < 1.29 is 13.9 Å². The van der Waals surface area contributed by atoms with Crippen molar-refractivity contribution in [3.05, 3.63) is 102 Å². The largest absolute Gasteiger partial charge is 0.305 e. The molecule has 1 atom stereocenters. The molecule has 0 bridgehead atoms. The van der Waals surface area contributed by atoms with E-state index >= 15 is 0 Å². The predicted molar refractivity (Wildman–Crippen MR) is 90.7 cm³/mol. The van der Waals surface area contributed by atoms with E-state index in [9.17, 15) is 9.18 Å². The molecule has 1 unspecified atom stereocenters. The molecule has 0 spiro atoms. The van der Waals surface area contributed by atoms with Gasteiger partial charge < -0.3 is 0 Å². The second-order valence-corrected chi connectivity index (χ2v) is 5.58. The minimum absolute atomic E-state index is 0.00266. The summed E-state index contributed by atoms with van der Waals surface area (Å²) >= 11 is 0. The van der Waals surface area contributed by atoms with Gasteiger partial charge in [0.25, 0.3) is 0 Å². The molecule has 3 rings (SSSR count). The molecule has 0 aliphatic rings. The topological polar surface area (TPSA) is 33.0 Å². The average Bonchev–Trinajstić information content (AvgIpc) is 2.63. The Balaban J connectivity index is 1.88. The summed E-state index contributed by atoms with van der Waals surface area (Å²) in [7, 11) is 0. The van der Waals surface area contributed by atoms with Gasteiger partial charge in [-0.25, -0.2) is 4.39 Å². The lowest BCUT2D eigenvalue weighted by molar-refractivity contribution is -0.650. The minimum Gasteiger partial charge on any atom is -0.264 e.